The van der Waals surface area contributed by atoms with E-state index in [2.05, 4.69) is 11.2 Å². The quantitative estimate of drug-likeness (QED) is 0.282. The summed E-state index contributed by atoms with van der Waals surface area (Å²) in [5.41, 5.74) is 0. The second kappa shape index (κ2) is 4.53. The van der Waals surface area contributed by atoms with Gasteiger partial charge < -0.3 is 4.98 Å². The molecule has 1 nitrogen and oxygen atoms in total. The minimum Gasteiger partial charge on any atom is -0.374 e. The molecule has 0 amide bonds. The number of rotatable bonds is 0. The Morgan fingerprint density at radius 1 is 1.44 bits per heavy atom. The summed E-state index contributed by atoms with van der Waals surface area (Å²) in [7, 11) is 0. The number of halogens is 2. The molecule has 1 rings (SSSR count). The summed E-state index contributed by atoms with van der Waals surface area (Å²) >= 11 is 10.9. The van der Waals surface area contributed by atoms with Crippen LogP contribution in [0.5, 0.6) is 0 Å². The molecule has 9 heavy (non-hydrogen) atoms. The third kappa shape index (κ3) is 2.87. The van der Waals surface area contributed by atoms with Crippen LogP contribution in [0.4, 0.5) is 0 Å². The first-order valence-corrected chi connectivity index (χ1v) is 2.74. The summed E-state index contributed by atoms with van der Waals surface area (Å²) in [5, 5.41) is 0.764. The van der Waals surface area contributed by atoms with Crippen LogP contribution in [0.3, 0.4) is 0 Å². The Balaban J connectivity index is 0.000000640. The van der Waals surface area contributed by atoms with Gasteiger partial charge in [0.25, 0.3) is 0 Å². The van der Waals surface area contributed by atoms with E-state index in [1.165, 1.54) is 0 Å². The maximum Gasteiger partial charge on any atom is 1.00 e. The second-order valence-corrected chi connectivity index (χ2v) is 1.98. The summed E-state index contributed by atoms with van der Waals surface area (Å²) in [6.07, 6.45) is 2.54. The molecule has 42 valence electrons. The van der Waals surface area contributed by atoms with E-state index in [0.29, 0.717) is 10.2 Å². The van der Waals surface area contributed by atoms with Gasteiger partial charge in [0.1, 0.15) is 0 Å². The molecule has 0 fully saturated rings. The van der Waals surface area contributed by atoms with Crippen molar-refractivity contribution in [2.45, 2.75) is 0 Å². The number of hydrogen-bond acceptors (Lipinski definition) is 1. The number of nitrogens with zero attached hydrogens (tertiary/aromatic N) is 1. The van der Waals surface area contributed by atoms with Crippen LogP contribution in [0.15, 0.2) is 12.1 Å². The maximum absolute atomic E-state index is 5.49. The van der Waals surface area contributed by atoms with E-state index in [1.54, 1.807) is 12.1 Å². The zero-order valence-electron chi connectivity index (χ0n) is 4.86. The van der Waals surface area contributed by atoms with Gasteiger partial charge in [0.05, 0.1) is 0 Å². The van der Waals surface area contributed by atoms with E-state index in [4.69, 9.17) is 23.2 Å². The summed E-state index contributed by atoms with van der Waals surface area (Å²) < 4.78 is 0. The first-order valence-electron chi connectivity index (χ1n) is 1.99. The molecule has 0 aliphatic carbocycles. The molecule has 0 aromatic carbocycles. The van der Waals surface area contributed by atoms with Crippen LogP contribution in [0.2, 0.25) is 10.2 Å². The molecular weight excluding hydrogens is 168 g/mol. The minimum atomic E-state index is 0. The third-order valence-electron chi connectivity index (χ3n) is 0.664. The van der Waals surface area contributed by atoms with Crippen molar-refractivity contribution in [3.63, 3.8) is 0 Å². The molecule has 0 aliphatic heterocycles. The zero-order valence-corrected chi connectivity index (χ0v) is 8.37. The van der Waals surface area contributed by atoms with Crippen molar-refractivity contribution >= 4 is 23.2 Å². The molecule has 0 N–H and O–H groups in total. The summed E-state index contributed by atoms with van der Waals surface area (Å²) in [4.78, 5) is 3.59. The molecule has 0 bridgehead atoms. The predicted molar refractivity (Wildman–Crippen MR) is 33.1 cm³/mol. The van der Waals surface area contributed by atoms with Crippen LogP contribution in [-0.2, 0) is 0 Å². The second-order valence-electron chi connectivity index (χ2n) is 1.21. The first-order chi connectivity index (χ1) is 3.80. The SMILES string of the molecule is Clc1cc[c-]nc1Cl.[Na+]. The predicted octanol–water partition coefficient (Wildman–Crippen LogP) is -0.807. The van der Waals surface area contributed by atoms with Crippen molar-refractivity contribution in [1.82, 2.24) is 4.98 Å². The van der Waals surface area contributed by atoms with Crippen LogP contribution in [0, 0.1) is 6.20 Å². The van der Waals surface area contributed by atoms with Crippen LogP contribution in [-0.4, -0.2) is 4.98 Å². The largest absolute Gasteiger partial charge is 1.00 e. The molecule has 0 unspecified atom stereocenters. The molecule has 0 aliphatic rings. The molecule has 1 aromatic heterocycles. The maximum atomic E-state index is 5.49. The topological polar surface area (TPSA) is 12.9 Å². The van der Waals surface area contributed by atoms with E-state index in [0.717, 1.165) is 0 Å². The van der Waals surface area contributed by atoms with Gasteiger partial charge in [-0.25, -0.2) is 0 Å². The normalized spacial score (nSPS) is 8.22. The molecule has 4 heteroatoms. The van der Waals surface area contributed by atoms with Gasteiger partial charge in [-0.2, -0.15) is 6.07 Å². The van der Waals surface area contributed by atoms with E-state index in [9.17, 15) is 0 Å². The molecule has 1 aromatic rings. The smallest absolute Gasteiger partial charge is 0.374 e. The average molecular weight is 170 g/mol. The van der Waals surface area contributed by atoms with Crippen molar-refractivity contribution < 1.29 is 29.6 Å². The molecule has 0 saturated heterocycles. The molecular formula is C5H2Cl2NNa. The fourth-order valence-corrected chi connectivity index (χ4v) is 0.544. The van der Waals surface area contributed by atoms with Gasteiger partial charge in [-0.05, 0) is 5.02 Å². The van der Waals surface area contributed by atoms with Crippen LogP contribution in [0.25, 0.3) is 0 Å². The standard InChI is InChI=1S/C5H2Cl2N.Na/c6-4-2-1-3-8-5(4)7;/h1-2H;/q-1;+1. The minimum absolute atomic E-state index is 0. The fraction of sp³-hybridized carbons (Fsp3) is 0. The van der Waals surface area contributed by atoms with Crippen molar-refractivity contribution in [3.8, 4) is 0 Å². The number of pyridine rings is 1. The van der Waals surface area contributed by atoms with E-state index in [-0.39, 0.29) is 29.6 Å². The zero-order chi connectivity index (χ0) is 5.98. The Morgan fingerprint density at radius 2 is 2.11 bits per heavy atom. The summed E-state index contributed by atoms with van der Waals surface area (Å²) in [6, 6.07) is 3.24. The monoisotopic (exact) mass is 169 g/mol. The fourth-order valence-electron chi connectivity index (χ4n) is 0.327. The number of aromatic nitrogens is 1. The molecule has 0 radical (unpaired) electrons. The molecule has 1 heterocycles. The Hall–Kier alpha value is 0.730. The van der Waals surface area contributed by atoms with E-state index >= 15 is 0 Å². The third-order valence-corrected chi connectivity index (χ3v) is 1.35. The van der Waals surface area contributed by atoms with Gasteiger partial charge in [0.15, 0.2) is 0 Å². The Labute approximate surface area is 85.7 Å². The van der Waals surface area contributed by atoms with E-state index < -0.39 is 0 Å². The van der Waals surface area contributed by atoms with Gasteiger partial charge in [-0.3, -0.25) is 0 Å². The summed E-state index contributed by atoms with van der Waals surface area (Å²) in [5.74, 6) is 0. The molecule has 0 saturated carbocycles. The average Bonchev–Trinajstić information content (AvgIpc) is 1.77. The van der Waals surface area contributed by atoms with Gasteiger partial charge in [-0.1, -0.05) is 6.20 Å². The van der Waals surface area contributed by atoms with Gasteiger partial charge in [-0.15, -0.1) is 29.3 Å². The van der Waals surface area contributed by atoms with Crippen molar-refractivity contribution in [2.24, 2.45) is 0 Å². The Kier molecular flexibility index (Phi) is 4.90. The van der Waals surface area contributed by atoms with Crippen molar-refractivity contribution in [3.05, 3.63) is 28.5 Å². The van der Waals surface area contributed by atoms with Crippen LogP contribution in [0.1, 0.15) is 0 Å². The van der Waals surface area contributed by atoms with Crippen LogP contribution < -0.4 is 29.6 Å². The Morgan fingerprint density at radius 3 is 2.44 bits per heavy atom. The van der Waals surface area contributed by atoms with Gasteiger partial charge in [0, 0.05) is 5.15 Å². The molecule has 0 atom stereocenters. The van der Waals surface area contributed by atoms with Gasteiger partial charge >= 0.3 is 29.6 Å². The van der Waals surface area contributed by atoms with E-state index in [1.807, 2.05) is 0 Å². The Bertz CT molecular complexity index is 171. The molecule has 0 spiro atoms. The van der Waals surface area contributed by atoms with Gasteiger partial charge in [0.2, 0.25) is 0 Å². The first kappa shape index (κ1) is 9.73. The van der Waals surface area contributed by atoms with Crippen LogP contribution >= 0.6 is 23.2 Å². The van der Waals surface area contributed by atoms with Crippen molar-refractivity contribution in [2.75, 3.05) is 0 Å². The number of hydrogen-bond donors (Lipinski definition) is 0. The summed E-state index contributed by atoms with van der Waals surface area (Å²) in [6.45, 7) is 0. The van der Waals surface area contributed by atoms with Crippen molar-refractivity contribution in [1.29, 1.82) is 0 Å².